The van der Waals surface area contributed by atoms with E-state index in [-0.39, 0.29) is 17.1 Å². The first-order chi connectivity index (χ1) is 17.3. The second-order valence-electron chi connectivity index (χ2n) is 12.3. The quantitative estimate of drug-likeness (QED) is 0.478. The average molecular weight is 491 g/mol. The Hall–Kier alpha value is -2.69. The predicted molar refractivity (Wildman–Crippen MR) is 146 cm³/mol. The van der Waals surface area contributed by atoms with Crippen LogP contribution in [0.25, 0.3) is 11.1 Å². The number of amides is 1. The number of fused-ring (bicyclic) bond motifs is 1. The molecule has 1 spiro atoms. The van der Waals surface area contributed by atoms with Crippen molar-refractivity contribution in [2.75, 3.05) is 31.6 Å². The van der Waals surface area contributed by atoms with E-state index in [1.807, 2.05) is 4.90 Å². The van der Waals surface area contributed by atoms with Gasteiger partial charge in [-0.3, -0.25) is 0 Å². The van der Waals surface area contributed by atoms with Crippen molar-refractivity contribution in [2.24, 2.45) is 11.3 Å². The van der Waals surface area contributed by atoms with Crippen LogP contribution in [0.3, 0.4) is 0 Å². The van der Waals surface area contributed by atoms with Crippen molar-refractivity contribution in [3.63, 3.8) is 0 Å². The molecule has 0 atom stereocenters. The van der Waals surface area contributed by atoms with Gasteiger partial charge >= 0.3 is 6.09 Å². The standard InChI is InChI=1S/C31H42N2O3/c1-30(2,3)22-35-29(34)33-18-16-31(17-19-33)15-14-26-20-25(10-13-28(26)36-31)24-8-11-27(12-9-24)32-21-23-6-4-5-7-23/h8-13,20,23,32H,4-7,14-19,21-22H2,1-3H3. The van der Waals surface area contributed by atoms with Gasteiger partial charge < -0.3 is 19.7 Å². The Balaban J connectivity index is 1.16. The van der Waals surface area contributed by atoms with Crippen molar-refractivity contribution in [1.82, 2.24) is 4.90 Å². The lowest BCUT2D eigenvalue weighted by atomic mass is 9.82. The van der Waals surface area contributed by atoms with E-state index in [0.29, 0.717) is 19.7 Å². The van der Waals surface area contributed by atoms with E-state index >= 15 is 0 Å². The first kappa shape index (κ1) is 25.0. The van der Waals surface area contributed by atoms with Crippen molar-refractivity contribution in [3.05, 3.63) is 48.0 Å². The van der Waals surface area contributed by atoms with Gasteiger partial charge in [-0.25, -0.2) is 4.79 Å². The number of nitrogens with zero attached hydrogens (tertiary/aromatic N) is 1. The molecule has 3 aliphatic rings. The number of hydrogen-bond donors (Lipinski definition) is 1. The number of likely N-dealkylation sites (tertiary alicyclic amines) is 1. The molecule has 5 nitrogen and oxygen atoms in total. The zero-order chi connectivity index (χ0) is 25.2. The molecular formula is C31H42N2O3. The highest BCUT2D eigenvalue weighted by atomic mass is 16.6. The van der Waals surface area contributed by atoms with Gasteiger partial charge in [-0.1, -0.05) is 51.8 Å². The molecule has 194 valence electrons. The van der Waals surface area contributed by atoms with Gasteiger partial charge in [-0.05, 0) is 78.0 Å². The summed E-state index contributed by atoms with van der Waals surface area (Å²) in [6.07, 6.45) is 9.04. The number of hydrogen-bond acceptors (Lipinski definition) is 4. The van der Waals surface area contributed by atoms with Crippen molar-refractivity contribution >= 4 is 11.8 Å². The molecule has 2 fully saturated rings. The van der Waals surface area contributed by atoms with Gasteiger partial charge in [-0.15, -0.1) is 0 Å². The third-order valence-corrected chi connectivity index (χ3v) is 8.09. The van der Waals surface area contributed by atoms with Gasteiger partial charge in [0.25, 0.3) is 0 Å². The van der Waals surface area contributed by atoms with E-state index < -0.39 is 0 Å². The third-order valence-electron chi connectivity index (χ3n) is 8.09. The molecule has 1 amide bonds. The minimum Gasteiger partial charge on any atom is -0.487 e. The molecule has 2 aliphatic heterocycles. The summed E-state index contributed by atoms with van der Waals surface area (Å²) in [6.45, 7) is 9.15. The highest BCUT2D eigenvalue weighted by Gasteiger charge is 2.41. The van der Waals surface area contributed by atoms with Crippen LogP contribution in [0, 0.1) is 11.3 Å². The Bertz CT molecular complexity index is 1040. The van der Waals surface area contributed by atoms with Crippen LogP contribution in [-0.2, 0) is 11.2 Å². The summed E-state index contributed by atoms with van der Waals surface area (Å²) < 4.78 is 12.1. The Labute approximate surface area is 216 Å². The zero-order valence-corrected chi connectivity index (χ0v) is 22.3. The number of anilines is 1. The maximum Gasteiger partial charge on any atom is 0.409 e. The topological polar surface area (TPSA) is 50.8 Å². The second-order valence-corrected chi connectivity index (χ2v) is 12.3. The summed E-state index contributed by atoms with van der Waals surface area (Å²) in [5, 5.41) is 3.62. The normalized spacial score (nSPS) is 19.6. The lowest BCUT2D eigenvalue weighted by molar-refractivity contribution is -0.0171. The molecule has 0 bridgehead atoms. The summed E-state index contributed by atoms with van der Waals surface area (Å²) in [7, 11) is 0. The monoisotopic (exact) mass is 490 g/mol. The number of piperidine rings is 1. The third kappa shape index (κ3) is 5.99. The minimum atomic E-state index is -0.194. The SMILES string of the molecule is CC(C)(C)COC(=O)N1CCC2(CCc3cc(-c4ccc(NCC5CCCC5)cc4)ccc3O2)CC1. The molecule has 1 saturated carbocycles. The van der Waals surface area contributed by atoms with Crippen LogP contribution in [0.4, 0.5) is 10.5 Å². The summed E-state index contributed by atoms with van der Waals surface area (Å²) >= 11 is 0. The largest absolute Gasteiger partial charge is 0.487 e. The Kier molecular flexibility index (Phi) is 7.18. The molecular weight excluding hydrogens is 448 g/mol. The van der Waals surface area contributed by atoms with Gasteiger partial charge in [0.15, 0.2) is 0 Å². The van der Waals surface area contributed by atoms with Crippen molar-refractivity contribution in [3.8, 4) is 16.9 Å². The van der Waals surface area contributed by atoms with Gasteiger partial charge in [0.05, 0.1) is 6.61 Å². The maximum absolute atomic E-state index is 12.5. The van der Waals surface area contributed by atoms with Crippen molar-refractivity contribution in [2.45, 2.75) is 77.7 Å². The fourth-order valence-corrected chi connectivity index (χ4v) is 5.78. The van der Waals surface area contributed by atoms with Crippen LogP contribution < -0.4 is 10.1 Å². The molecule has 5 rings (SSSR count). The smallest absolute Gasteiger partial charge is 0.409 e. The number of benzene rings is 2. The van der Waals surface area contributed by atoms with E-state index in [9.17, 15) is 4.79 Å². The zero-order valence-electron chi connectivity index (χ0n) is 22.3. The molecule has 0 unspecified atom stereocenters. The molecule has 1 N–H and O–H groups in total. The van der Waals surface area contributed by atoms with Gasteiger partial charge in [0, 0.05) is 38.2 Å². The van der Waals surface area contributed by atoms with Gasteiger partial charge in [0.2, 0.25) is 0 Å². The molecule has 5 heteroatoms. The van der Waals surface area contributed by atoms with Crippen LogP contribution in [-0.4, -0.2) is 42.8 Å². The Morgan fingerprint density at radius 3 is 2.42 bits per heavy atom. The average Bonchev–Trinajstić information content (AvgIpc) is 3.40. The fraction of sp³-hybridized carbons (Fsp3) is 0.581. The van der Waals surface area contributed by atoms with Crippen LogP contribution >= 0.6 is 0 Å². The fourth-order valence-electron chi connectivity index (χ4n) is 5.78. The van der Waals surface area contributed by atoms with Crippen molar-refractivity contribution < 1.29 is 14.3 Å². The van der Waals surface area contributed by atoms with E-state index in [2.05, 4.69) is 68.6 Å². The first-order valence-electron chi connectivity index (χ1n) is 13.9. The number of aryl methyl sites for hydroxylation is 1. The summed E-state index contributed by atoms with van der Waals surface area (Å²) in [6, 6.07) is 15.5. The van der Waals surface area contributed by atoms with Crippen LogP contribution in [0.2, 0.25) is 0 Å². The highest BCUT2D eigenvalue weighted by Crippen LogP contribution is 2.41. The second kappa shape index (κ2) is 10.4. The van der Waals surface area contributed by atoms with E-state index in [4.69, 9.17) is 9.47 Å². The van der Waals surface area contributed by atoms with E-state index in [0.717, 1.165) is 43.9 Å². The van der Waals surface area contributed by atoms with Gasteiger partial charge in [-0.2, -0.15) is 0 Å². The highest BCUT2D eigenvalue weighted by molar-refractivity contribution is 5.69. The number of nitrogens with one attached hydrogen (secondary N) is 1. The minimum absolute atomic E-state index is 0.0182. The van der Waals surface area contributed by atoms with Crippen LogP contribution in [0.1, 0.15) is 71.3 Å². The molecule has 0 aromatic heterocycles. The van der Waals surface area contributed by atoms with Crippen LogP contribution in [0.15, 0.2) is 42.5 Å². The molecule has 0 radical (unpaired) electrons. The molecule has 2 aromatic carbocycles. The van der Waals surface area contributed by atoms with Crippen molar-refractivity contribution in [1.29, 1.82) is 0 Å². The summed E-state index contributed by atoms with van der Waals surface area (Å²) in [5.74, 6) is 1.84. The molecule has 2 aromatic rings. The Morgan fingerprint density at radius 1 is 1.03 bits per heavy atom. The number of rotatable bonds is 5. The van der Waals surface area contributed by atoms with Gasteiger partial charge in [0.1, 0.15) is 11.4 Å². The molecule has 1 aliphatic carbocycles. The molecule has 1 saturated heterocycles. The van der Waals surface area contributed by atoms with E-state index in [1.54, 1.807) is 0 Å². The Morgan fingerprint density at radius 2 is 1.72 bits per heavy atom. The number of carbonyl (C=O) groups excluding carboxylic acids is 1. The maximum atomic E-state index is 12.5. The number of ether oxygens (including phenoxy) is 2. The molecule has 2 heterocycles. The summed E-state index contributed by atoms with van der Waals surface area (Å²) in [5.41, 5.74) is 4.80. The predicted octanol–water partition coefficient (Wildman–Crippen LogP) is 7.30. The van der Waals surface area contributed by atoms with Crippen LogP contribution in [0.5, 0.6) is 5.75 Å². The van der Waals surface area contributed by atoms with E-state index in [1.165, 1.54) is 48.1 Å². The summed E-state index contributed by atoms with van der Waals surface area (Å²) in [4.78, 5) is 14.3. The molecule has 36 heavy (non-hydrogen) atoms. The lowest BCUT2D eigenvalue weighted by Crippen LogP contribution is -2.51. The number of carbonyl (C=O) groups is 1. The first-order valence-corrected chi connectivity index (χ1v) is 13.9. The lowest BCUT2D eigenvalue weighted by Gasteiger charge is -2.44.